The first-order valence-corrected chi connectivity index (χ1v) is 12.7. The molecule has 0 aliphatic heterocycles. The first kappa shape index (κ1) is 24.7. The van der Waals surface area contributed by atoms with E-state index in [2.05, 4.69) is 69.5 Å². The highest BCUT2D eigenvalue weighted by atomic mass is 32.1. The van der Waals surface area contributed by atoms with Gasteiger partial charge in [-0.15, -0.1) is 11.3 Å². The van der Waals surface area contributed by atoms with Gasteiger partial charge in [0.05, 0.1) is 11.8 Å². The van der Waals surface area contributed by atoms with Crippen LogP contribution in [0.15, 0.2) is 72.9 Å². The SMILES string of the molecule is CCc1nc2scc(C#Cc3cnn(C)c3)c2cc1-c1ccccc1.NC(=O)c1c(N)ncn2ccnc12. The monoisotopic (exact) mass is 520 g/mol. The summed E-state index contributed by atoms with van der Waals surface area (Å²) in [6, 6.07) is 12.7. The van der Waals surface area contributed by atoms with E-state index in [1.165, 1.54) is 17.5 Å². The second-order valence-electron chi connectivity index (χ2n) is 8.38. The van der Waals surface area contributed by atoms with Gasteiger partial charge >= 0.3 is 0 Å². The number of hydrogen-bond acceptors (Lipinski definition) is 7. The van der Waals surface area contributed by atoms with E-state index in [0.717, 1.165) is 33.5 Å². The van der Waals surface area contributed by atoms with Crippen LogP contribution in [0.4, 0.5) is 5.82 Å². The molecule has 0 saturated carbocycles. The minimum absolute atomic E-state index is 0.103. The van der Waals surface area contributed by atoms with E-state index in [4.69, 9.17) is 16.5 Å². The molecule has 0 unspecified atom stereocenters. The van der Waals surface area contributed by atoms with E-state index in [1.807, 2.05) is 19.3 Å². The molecule has 0 bridgehead atoms. The van der Waals surface area contributed by atoms with E-state index in [-0.39, 0.29) is 11.4 Å². The summed E-state index contributed by atoms with van der Waals surface area (Å²) in [7, 11) is 1.90. The standard InChI is InChI=1S/C21H17N3S.C7H7N5O/c1-3-20-18(16-7-5-4-6-8-16)11-19-17(14-25-21(19)23-20)10-9-15-12-22-24(2)13-15;8-5-4(6(9)13)7-10-1-2-12(7)3-11-5/h4-8,11-14H,3H2,1-2H3;1-3H,8H2,(H2,9,13). The summed E-state index contributed by atoms with van der Waals surface area (Å²) in [6.07, 6.45) is 9.30. The van der Waals surface area contributed by atoms with Crippen molar-refractivity contribution in [2.75, 3.05) is 5.73 Å². The predicted octanol–water partition coefficient (Wildman–Crippen LogP) is 4.07. The van der Waals surface area contributed by atoms with Gasteiger partial charge in [0.25, 0.3) is 5.91 Å². The Morgan fingerprint density at radius 3 is 2.68 bits per heavy atom. The van der Waals surface area contributed by atoms with Crippen LogP contribution in [0.25, 0.3) is 27.0 Å². The zero-order chi connectivity index (χ0) is 26.6. The number of rotatable bonds is 3. The molecular weight excluding hydrogens is 496 g/mol. The van der Waals surface area contributed by atoms with Gasteiger partial charge < -0.3 is 11.5 Å². The molecule has 10 heteroatoms. The van der Waals surface area contributed by atoms with E-state index in [0.29, 0.717) is 5.65 Å². The Morgan fingerprint density at radius 2 is 1.97 bits per heavy atom. The number of imidazole rings is 1. The minimum Gasteiger partial charge on any atom is -0.383 e. The van der Waals surface area contributed by atoms with Crippen LogP contribution >= 0.6 is 11.3 Å². The largest absolute Gasteiger partial charge is 0.383 e. The molecule has 5 aromatic heterocycles. The van der Waals surface area contributed by atoms with Gasteiger partial charge in [0, 0.05) is 53.2 Å². The minimum atomic E-state index is -0.623. The average molecular weight is 521 g/mol. The number of aromatic nitrogens is 6. The number of nitrogens with two attached hydrogens (primary N) is 2. The third kappa shape index (κ3) is 4.96. The number of nitrogens with zero attached hydrogens (tertiary/aromatic N) is 6. The van der Waals surface area contributed by atoms with Crippen molar-refractivity contribution in [2.24, 2.45) is 12.8 Å². The Labute approximate surface area is 222 Å². The number of fused-ring (bicyclic) bond motifs is 2. The Kier molecular flexibility index (Phi) is 6.84. The number of benzene rings is 1. The maximum Gasteiger partial charge on any atom is 0.256 e. The fourth-order valence-electron chi connectivity index (χ4n) is 3.99. The number of hydrogen-bond donors (Lipinski definition) is 2. The van der Waals surface area contributed by atoms with Gasteiger partial charge in [0.15, 0.2) is 5.65 Å². The molecule has 38 heavy (non-hydrogen) atoms. The molecule has 0 atom stereocenters. The van der Waals surface area contributed by atoms with Crippen molar-refractivity contribution in [3.05, 3.63) is 95.3 Å². The maximum atomic E-state index is 11.0. The van der Waals surface area contributed by atoms with E-state index < -0.39 is 5.91 Å². The van der Waals surface area contributed by atoms with Gasteiger partial charge in [-0.3, -0.25) is 13.9 Å². The average Bonchev–Trinajstić information content (AvgIpc) is 3.66. The molecule has 6 rings (SSSR count). The van der Waals surface area contributed by atoms with Crippen LogP contribution in [0.3, 0.4) is 0 Å². The van der Waals surface area contributed by atoms with Crippen LogP contribution in [0.1, 0.15) is 34.1 Å². The number of thiophene rings is 1. The second kappa shape index (κ2) is 10.5. The molecule has 5 heterocycles. The summed E-state index contributed by atoms with van der Waals surface area (Å²) in [4.78, 5) is 24.7. The van der Waals surface area contributed by atoms with Crippen molar-refractivity contribution in [1.29, 1.82) is 0 Å². The number of aryl methyl sites for hydroxylation is 2. The van der Waals surface area contributed by atoms with E-state index >= 15 is 0 Å². The third-order valence-electron chi connectivity index (χ3n) is 5.83. The Bertz CT molecular complexity index is 1820. The fourth-order valence-corrected chi connectivity index (χ4v) is 4.87. The van der Waals surface area contributed by atoms with Gasteiger partial charge in [-0.1, -0.05) is 49.1 Å². The molecular formula is C28H24N8OS. The van der Waals surface area contributed by atoms with Gasteiger partial charge in [-0.05, 0) is 18.1 Å². The molecule has 0 spiro atoms. The summed E-state index contributed by atoms with van der Waals surface area (Å²) in [5.74, 6) is 5.95. The highest BCUT2D eigenvalue weighted by molar-refractivity contribution is 7.17. The molecule has 188 valence electrons. The topological polar surface area (TPSA) is 130 Å². The highest BCUT2D eigenvalue weighted by Crippen LogP contribution is 2.31. The van der Waals surface area contributed by atoms with Crippen LogP contribution in [0, 0.1) is 11.8 Å². The Balaban J connectivity index is 0.000000190. The van der Waals surface area contributed by atoms with Crippen molar-refractivity contribution >= 4 is 38.9 Å². The summed E-state index contributed by atoms with van der Waals surface area (Å²) in [5.41, 5.74) is 16.7. The lowest BCUT2D eigenvalue weighted by Gasteiger charge is -2.08. The molecule has 0 saturated heterocycles. The van der Waals surface area contributed by atoms with Crippen molar-refractivity contribution in [1.82, 2.24) is 29.1 Å². The zero-order valence-electron chi connectivity index (χ0n) is 20.8. The molecule has 6 aromatic rings. The molecule has 0 radical (unpaired) electrons. The summed E-state index contributed by atoms with van der Waals surface area (Å²) >= 11 is 1.65. The maximum absolute atomic E-state index is 11.0. The van der Waals surface area contributed by atoms with Crippen LogP contribution in [0.2, 0.25) is 0 Å². The number of nitrogen functional groups attached to an aromatic ring is 1. The van der Waals surface area contributed by atoms with E-state index in [9.17, 15) is 4.79 Å². The van der Waals surface area contributed by atoms with Gasteiger partial charge in [-0.25, -0.2) is 15.0 Å². The van der Waals surface area contributed by atoms with Crippen LogP contribution in [-0.2, 0) is 13.5 Å². The number of pyridine rings is 1. The second-order valence-corrected chi connectivity index (χ2v) is 9.24. The molecule has 0 fully saturated rings. The molecule has 0 aliphatic rings. The first-order valence-electron chi connectivity index (χ1n) is 11.8. The number of carbonyl (C=O) groups excluding carboxylic acids is 1. The number of amides is 1. The fraction of sp³-hybridized carbons (Fsp3) is 0.107. The molecule has 9 nitrogen and oxygen atoms in total. The normalized spacial score (nSPS) is 10.6. The van der Waals surface area contributed by atoms with Crippen LogP contribution < -0.4 is 11.5 Å². The molecule has 1 aromatic carbocycles. The van der Waals surface area contributed by atoms with Crippen LogP contribution in [0.5, 0.6) is 0 Å². The third-order valence-corrected chi connectivity index (χ3v) is 6.72. The molecule has 1 amide bonds. The summed E-state index contributed by atoms with van der Waals surface area (Å²) in [5, 5.41) is 7.37. The Morgan fingerprint density at radius 1 is 1.16 bits per heavy atom. The number of carbonyl (C=O) groups is 1. The lowest BCUT2D eigenvalue weighted by Crippen LogP contribution is -2.16. The number of anilines is 1. The zero-order valence-corrected chi connectivity index (χ0v) is 21.6. The van der Waals surface area contributed by atoms with Gasteiger partial charge in [0.2, 0.25) is 0 Å². The smallest absolute Gasteiger partial charge is 0.256 e. The van der Waals surface area contributed by atoms with Crippen molar-refractivity contribution in [3.63, 3.8) is 0 Å². The van der Waals surface area contributed by atoms with Crippen LogP contribution in [-0.4, -0.2) is 35.0 Å². The summed E-state index contributed by atoms with van der Waals surface area (Å²) in [6.45, 7) is 2.15. The van der Waals surface area contributed by atoms with Gasteiger partial charge in [0.1, 0.15) is 22.5 Å². The van der Waals surface area contributed by atoms with Crippen molar-refractivity contribution in [3.8, 4) is 23.0 Å². The number of primary amides is 1. The highest BCUT2D eigenvalue weighted by Gasteiger charge is 2.13. The van der Waals surface area contributed by atoms with Gasteiger partial charge in [-0.2, -0.15) is 5.10 Å². The predicted molar refractivity (Wildman–Crippen MR) is 150 cm³/mol. The van der Waals surface area contributed by atoms with Crippen molar-refractivity contribution in [2.45, 2.75) is 13.3 Å². The molecule has 0 aliphatic carbocycles. The quantitative estimate of drug-likeness (QED) is 0.338. The Hall–Kier alpha value is -5.01. The first-order chi connectivity index (χ1) is 18.4. The van der Waals surface area contributed by atoms with E-state index in [1.54, 1.807) is 39.0 Å². The summed E-state index contributed by atoms with van der Waals surface area (Å²) < 4.78 is 3.34. The lowest BCUT2D eigenvalue weighted by atomic mass is 10.0. The molecule has 4 N–H and O–H groups in total. The van der Waals surface area contributed by atoms with Crippen molar-refractivity contribution < 1.29 is 4.79 Å². The lowest BCUT2D eigenvalue weighted by molar-refractivity contribution is 0.100.